The van der Waals surface area contributed by atoms with Crippen LogP contribution in [0.25, 0.3) is 11.0 Å². The standard InChI is InChI=1S/C21H19F2N3O5S/c22-12-5-15(23)20-16(6-12)24-21(25-20)32-10-19(27)26-3-4-28-14(8-26)9-29-13-1-2-17-18(7-13)31-11-30-17/h1-2,5-7,14H,3-4,8-11H2,(H,24,25). The first-order valence-electron chi connectivity index (χ1n) is 9.94. The summed E-state index contributed by atoms with van der Waals surface area (Å²) in [5.41, 5.74) is 0.304. The second-order valence-corrected chi connectivity index (χ2v) is 8.24. The van der Waals surface area contributed by atoms with Gasteiger partial charge in [0.2, 0.25) is 12.7 Å². The number of benzene rings is 2. The highest BCUT2D eigenvalue weighted by molar-refractivity contribution is 7.99. The number of ether oxygens (including phenoxy) is 4. The third-order valence-electron chi connectivity index (χ3n) is 5.09. The van der Waals surface area contributed by atoms with E-state index in [0.717, 1.165) is 17.8 Å². The van der Waals surface area contributed by atoms with Gasteiger partial charge >= 0.3 is 0 Å². The number of H-pyrrole nitrogens is 1. The van der Waals surface area contributed by atoms with Crippen LogP contribution in [-0.4, -0.2) is 65.7 Å². The summed E-state index contributed by atoms with van der Waals surface area (Å²) < 4.78 is 49.3. The number of carbonyl (C=O) groups excluding carboxylic acids is 1. The van der Waals surface area contributed by atoms with E-state index in [1.165, 1.54) is 6.07 Å². The van der Waals surface area contributed by atoms with Crippen LogP contribution >= 0.6 is 11.8 Å². The number of aromatic nitrogens is 2. The number of nitrogens with one attached hydrogen (secondary N) is 1. The van der Waals surface area contributed by atoms with E-state index >= 15 is 0 Å². The Labute approximate surface area is 185 Å². The first kappa shape index (κ1) is 20.8. The van der Waals surface area contributed by atoms with E-state index < -0.39 is 11.6 Å². The van der Waals surface area contributed by atoms with Gasteiger partial charge in [-0.05, 0) is 18.2 Å². The lowest BCUT2D eigenvalue weighted by Crippen LogP contribution is -2.48. The SMILES string of the molecule is O=C(CSc1nc2c(F)cc(F)cc2[nH]1)N1CCOC(COc2ccc3c(c2)OCO3)C1. The van der Waals surface area contributed by atoms with Gasteiger partial charge in [0.25, 0.3) is 0 Å². The molecule has 2 aliphatic heterocycles. The topological polar surface area (TPSA) is 85.9 Å². The average molecular weight is 463 g/mol. The van der Waals surface area contributed by atoms with Gasteiger partial charge in [0.1, 0.15) is 29.8 Å². The maximum atomic E-state index is 13.8. The van der Waals surface area contributed by atoms with Crippen molar-refractivity contribution >= 4 is 28.7 Å². The van der Waals surface area contributed by atoms with Crippen molar-refractivity contribution < 1.29 is 32.5 Å². The molecule has 1 aromatic heterocycles. The van der Waals surface area contributed by atoms with Gasteiger partial charge < -0.3 is 28.8 Å². The first-order valence-corrected chi connectivity index (χ1v) is 10.9. The Balaban J connectivity index is 1.14. The van der Waals surface area contributed by atoms with Crippen molar-refractivity contribution in [3.8, 4) is 17.2 Å². The molecular formula is C21H19F2N3O5S. The number of aromatic amines is 1. The molecule has 1 amide bonds. The van der Waals surface area contributed by atoms with E-state index in [-0.39, 0.29) is 42.2 Å². The Hall–Kier alpha value is -3.05. The van der Waals surface area contributed by atoms with Crippen LogP contribution in [0.3, 0.4) is 0 Å². The number of fused-ring (bicyclic) bond motifs is 2. The molecule has 1 unspecified atom stereocenters. The summed E-state index contributed by atoms with van der Waals surface area (Å²) >= 11 is 1.14. The van der Waals surface area contributed by atoms with E-state index in [4.69, 9.17) is 18.9 Å². The largest absolute Gasteiger partial charge is 0.491 e. The highest BCUT2D eigenvalue weighted by atomic mass is 32.2. The number of carbonyl (C=O) groups is 1. The predicted molar refractivity (Wildman–Crippen MR) is 111 cm³/mol. The minimum Gasteiger partial charge on any atom is -0.491 e. The lowest BCUT2D eigenvalue weighted by molar-refractivity contribution is -0.137. The summed E-state index contributed by atoms with van der Waals surface area (Å²) in [6.45, 7) is 1.74. The predicted octanol–water partition coefficient (Wildman–Crippen LogP) is 2.97. The minimum atomic E-state index is -0.743. The van der Waals surface area contributed by atoms with Crippen molar-refractivity contribution in [1.29, 1.82) is 0 Å². The Morgan fingerprint density at radius 2 is 2.12 bits per heavy atom. The maximum absolute atomic E-state index is 13.8. The van der Waals surface area contributed by atoms with Crippen molar-refractivity contribution in [3.05, 3.63) is 42.0 Å². The smallest absolute Gasteiger partial charge is 0.233 e. The molecule has 3 aromatic rings. The number of amides is 1. The Morgan fingerprint density at radius 1 is 1.25 bits per heavy atom. The van der Waals surface area contributed by atoms with Crippen LogP contribution in [0.1, 0.15) is 0 Å². The van der Waals surface area contributed by atoms with Crippen LogP contribution in [0, 0.1) is 11.6 Å². The van der Waals surface area contributed by atoms with Gasteiger partial charge in [-0.1, -0.05) is 11.8 Å². The van der Waals surface area contributed by atoms with Crippen molar-refractivity contribution in [2.24, 2.45) is 0 Å². The van der Waals surface area contributed by atoms with Crippen LogP contribution in [0.4, 0.5) is 8.78 Å². The normalized spacial score (nSPS) is 17.7. The number of morpholine rings is 1. The van der Waals surface area contributed by atoms with Crippen LogP contribution < -0.4 is 14.2 Å². The van der Waals surface area contributed by atoms with Crippen LogP contribution in [0.5, 0.6) is 17.2 Å². The maximum Gasteiger partial charge on any atom is 0.233 e. The van der Waals surface area contributed by atoms with Gasteiger partial charge in [-0.25, -0.2) is 13.8 Å². The summed E-state index contributed by atoms with van der Waals surface area (Å²) in [5, 5.41) is 0.355. The zero-order valence-electron chi connectivity index (χ0n) is 16.8. The zero-order chi connectivity index (χ0) is 22.1. The molecule has 168 valence electrons. The lowest BCUT2D eigenvalue weighted by Gasteiger charge is -2.32. The number of imidazole rings is 1. The number of hydrogen-bond acceptors (Lipinski definition) is 7. The molecule has 0 bridgehead atoms. The van der Waals surface area contributed by atoms with E-state index in [1.807, 2.05) is 0 Å². The Kier molecular flexibility index (Phi) is 5.75. The van der Waals surface area contributed by atoms with Crippen molar-refractivity contribution in [1.82, 2.24) is 14.9 Å². The van der Waals surface area contributed by atoms with Gasteiger partial charge in [0.05, 0.1) is 24.4 Å². The molecule has 8 nitrogen and oxygen atoms in total. The third kappa shape index (κ3) is 4.44. The lowest BCUT2D eigenvalue weighted by atomic mass is 10.2. The average Bonchev–Trinajstić information content (AvgIpc) is 3.42. The number of thioether (sulfide) groups is 1. The van der Waals surface area contributed by atoms with Gasteiger partial charge in [0, 0.05) is 18.7 Å². The highest BCUT2D eigenvalue weighted by Crippen LogP contribution is 2.35. The summed E-state index contributed by atoms with van der Waals surface area (Å²) in [6, 6.07) is 7.28. The summed E-state index contributed by atoms with van der Waals surface area (Å²) in [5.74, 6) is 0.525. The van der Waals surface area contributed by atoms with Gasteiger partial charge in [0.15, 0.2) is 22.5 Å². The van der Waals surface area contributed by atoms with E-state index in [0.29, 0.717) is 42.1 Å². The molecule has 1 atom stereocenters. The summed E-state index contributed by atoms with van der Waals surface area (Å²) in [7, 11) is 0. The molecule has 0 aliphatic carbocycles. The number of halogens is 2. The molecule has 3 heterocycles. The van der Waals surface area contributed by atoms with Gasteiger partial charge in [-0.15, -0.1) is 0 Å². The number of hydrogen-bond donors (Lipinski definition) is 1. The molecule has 1 fully saturated rings. The fourth-order valence-corrected chi connectivity index (χ4v) is 4.29. The van der Waals surface area contributed by atoms with E-state index in [9.17, 15) is 13.6 Å². The quantitative estimate of drug-likeness (QED) is 0.563. The molecule has 0 spiro atoms. The van der Waals surface area contributed by atoms with Gasteiger partial charge in [-0.3, -0.25) is 4.79 Å². The molecule has 0 saturated carbocycles. The number of rotatable bonds is 6. The molecule has 32 heavy (non-hydrogen) atoms. The molecule has 5 rings (SSSR count). The van der Waals surface area contributed by atoms with Crippen LogP contribution in [0.2, 0.25) is 0 Å². The molecule has 11 heteroatoms. The molecule has 2 aromatic carbocycles. The van der Waals surface area contributed by atoms with Crippen molar-refractivity contribution in [2.45, 2.75) is 11.3 Å². The van der Waals surface area contributed by atoms with Crippen molar-refractivity contribution in [3.63, 3.8) is 0 Å². The highest BCUT2D eigenvalue weighted by Gasteiger charge is 2.25. The van der Waals surface area contributed by atoms with Crippen LogP contribution in [0.15, 0.2) is 35.5 Å². The van der Waals surface area contributed by atoms with Crippen LogP contribution in [-0.2, 0) is 9.53 Å². The molecule has 2 aliphatic rings. The molecular weight excluding hydrogens is 444 g/mol. The second-order valence-electron chi connectivity index (χ2n) is 7.27. The minimum absolute atomic E-state index is 0.0495. The fourth-order valence-electron chi connectivity index (χ4n) is 3.51. The molecule has 1 saturated heterocycles. The van der Waals surface area contributed by atoms with Crippen molar-refractivity contribution in [2.75, 3.05) is 38.8 Å². The molecule has 0 radical (unpaired) electrons. The number of nitrogens with zero attached hydrogens (tertiary/aromatic N) is 2. The summed E-state index contributed by atoms with van der Waals surface area (Å²) in [4.78, 5) is 21.3. The monoisotopic (exact) mass is 463 g/mol. The van der Waals surface area contributed by atoms with E-state index in [1.54, 1.807) is 23.1 Å². The second kappa shape index (κ2) is 8.83. The van der Waals surface area contributed by atoms with E-state index in [2.05, 4.69) is 9.97 Å². The Morgan fingerprint density at radius 3 is 3.03 bits per heavy atom. The fraction of sp³-hybridized carbons (Fsp3) is 0.333. The van der Waals surface area contributed by atoms with Gasteiger partial charge in [-0.2, -0.15) is 0 Å². The molecule has 1 N–H and O–H groups in total. The Bertz CT molecular complexity index is 1160. The third-order valence-corrected chi connectivity index (χ3v) is 5.94. The zero-order valence-corrected chi connectivity index (χ0v) is 17.6. The summed E-state index contributed by atoms with van der Waals surface area (Å²) in [6.07, 6.45) is -0.272. The first-order chi connectivity index (χ1) is 15.5.